The molecule has 10 nitrogen and oxygen atoms in total. The number of hydrogen-bond donors (Lipinski definition) is 2. The Labute approximate surface area is 145 Å². The van der Waals surface area contributed by atoms with Crippen molar-refractivity contribution in [2.24, 2.45) is 0 Å². The number of rotatable bonds is 6. The topological polar surface area (TPSA) is 181 Å². The quantitative estimate of drug-likeness (QED) is 0.374. The lowest BCUT2D eigenvalue weighted by Gasteiger charge is -2.10. The van der Waals surface area contributed by atoms with Gasteiger partial charge in [-0.05, 0) is 23.6 Å². The average Bonchev–Trinajstić information content (AvgIpc) is 2.43. The van der Waals surface area contributed by atoms with Crippen LogP contribution in [0.25, 0.3) is 10.8 Å². The van der Waals surface area contributed by atoms with E-state index in [9.17, 15) is 34.4 Å². The SMILES string of the molecule is Nc1ccc2cc(S(=O)(=O)CCOS(=O)(=O)[O-])ccc2c1S(=O)(=O)O.[H+]. The molecule has 0 atom stereocenters. The van der Waals surface area contributed by atoms with Gasteiger partial charge in [-0.2, -0.15) is 8.42 Å². The van der Waals surface area contributed by atoms with Gasteiger partial charge in [-0.25, -0.2) is 16.8 Å². The normalized spacial score (nSPS) is 13.2. The van der Waals surface area contributed by atoms with Crippen molar-refractivity contribution in [1.29, 1.82) is 0 Å². The number of sulfone groups is 1. The summed E-state index contributed by atoms with van der Waals surface area (Å²) in [5.41, 5.74) is 5.33. The third-order valence-electron chi connectivity index (χ3n) is 3.17. The van der Waals surface area contributed by atoms with Crippen LogP contribution in [0.5, 0.6) is 0 Å². The van der Waals surface area contributed by atoms with Crippen molar-refractivity contribution in [1.82, 2.24) is 0 Å². The standard InChI is InChI=1S/C12H13NO9S3/c13-11-4-1-8-7-9(2-3-10(8)12(11)24(16,17)18)23(14,15)6-5-22-25(19,20)21/h1-4,7H,5-6,13H2,(H,16,17,18)(H,19,20,21). The van der Waals surface area contributed by atoms with Crippen LogP contribution in [-0.2, 0) is 34.5 Å². The Balaban J connectivity index is 0.00000338. The second-order valence-electron chi connectivity index (χ2n) is 4.89. The summed E-state index contributed by atoms with van der Waals surface area (Å²) in [6.07, 6.45) is 0. The Bertz CT molecular complexity index is 1140. The maximum absolute atomic E-state index is 12.1. The lowest BCUT2D eigenvalue weighted by atomic mass is 10.1. The molecule has 0 radical (unpaired) electrons. The van der Waals surface area contributed by atoms with Gasteiger partial charge in [0.2, 0.25) is 10.4 Å². The molecule has 0 aromatic heterocycles. The van der Waals surface area contributed by atoms with Crippen molar-refractivity contribution >= 4 is 46.8 Å². The molecule has 0 unspecified atom stereocenters. The van der Waals surface area contributed by atoms with Gasteiger partial charge in [-0.15, -0.1) is 0 Å². The minimum absolute atomic E-state index is 0. The minimum Gasteiger partial charge on any atom is -0.726 e. The smallest absolute Gasteiger partial charge is 0.726 e. The number of fused-ring (bicyclic) bond motifs is 1. The molecule has 0 saturated heterocycles. The Morgan fingerprint density at radius 1 is 1.08 bits per heavy atom. The number of anilines is 1. The molecule has 0 fully saturated rings. The molecule has 2 rings (SSSR count). The Morgan fingerprint density at radius 2 is 1.72 bits per heavy atom. The van der Waals surface area contributed by atoms with Crippen LogP contribution >= 0.6 is 0 Å². The number of benzene rings is 2. The van der Waals surface area contributed by atoms with Crippen LogP contribution in [0.2, 0.25) is 0 Å². The zero-order chi connectivity index (χ0) is 19.0. The van der Waals surface area contributed by atoms with Gasteiger partial charge in [-0.3, -0.25) is 8.74 Å². The van der Waals surface area contributed by atoms with Crippen LogP contribution < -0.4 is 5.73 Å². The summed E-state index contributed by atoms with van der Waals surface area (Å²) in [5.74, 6) is -0.778. The summed E-state index contributed by atoms with van der Waals surface area (Å²) in [5, 5.41) is 0.181. The van der Waals surface area contributed by atoms with E-state index in [1.807, 2.05) is 0 Å². The van der Waals surface area contributed by atoms with Crippen LogP contribution in [0.15, 0.2) is 40.1 Å². The summed E-state index contributed by atoms with van der Waals surface area (Å²) >= 11 is 0. The van der Waals surface area contributed by atoms with Crippen LogP contribution in [0, 0.1) is 0 Å². The third kappa shape index (κ3) is 4.65. The van der Waals surface area contributed by atoms with Gasteiger partial charge >= 0.3 is 1.43 Å². The Kier molecular flexibility index (Phi) is 5.09. The predicted molar refractivity (Wildman–Crippen MR) is 87.0 cm³/mol. The first-order valence-electron chi connectivity index (χ1n) is 6.44. The van der Waals surface area contributed by atoms with E-state index in [-0.39, 0.29) is 22.8 Å². The van der Waals surface area contributed by atoms with Gasteiger partial charge in [0.1, 0.15) is 4.90 Å². The minimum atomic E-state index is -5.01. The number of hydrogen-bond acceptors (Lipinski definition) is 9. The van der Waals surface area contributed by atoms with Gasteiger partial charge in [-0.1, -0.05) is 12.1 Å². The summed E-state index contributed by atoms with van der Waals surface area (Å²) in [7, 11) is -13.7. The largest absolute Gasteiger partial charge is 1.00 e. The monoisotopic (exact) mass is 411 g/mol. The lowest BCUT2D eigenvalue weighted by molar-refractivity contribution is 0.276. The van der Waals surface area contributed by atoms with E-state index >= 15 is 0 Å². The zero-order valence-electron chi connectivity index (χ0n) is 13.3. The highest BCUT2D eigenvalue weighted by atomic mass is 32.3. The molecule has 3 N–H and O–H groups in total. The molecule has 0 aliphatic heterocycles. The van der Waals surface area contributed by atoms with Gasteiger partial charge < -0.3 is 10.3 Å². The van der Waals surface area contributed by atoms with E-state index in [0.717, 1.165) is 18.2 Å². The summed E-state index contributed by atoms with van der Waals surface area (Å²) in [6.45, 7) is -0.857. The summed E-state index contributed by atoms with van der Waals surface area (Å²) < 4.78 is 91.3. The van der Waals surface area contributed by atoms with E-state index in [4.69, 9.17) is 5.73 Å². The van der Waals surface area contributed by atoms with Crippen LogP contribution in [0.3, 0.4) is 0 Å². The van der Waals surface area contributed by atoms with E-state index in [2.05, 4.69) is 4.18 Å². The molecule has 0 bridgehead atoms. The highest BCUT2D eigenvalue weighted by Gasteiger charge is 2.20. The van der Waals surface area contributed by atoms with Crippen molar-refractivity contribution in [3.05, 3.63) is 30.3 Å². The predicted octanol–water partition coefficient (Wildman–Crippen LogP) is 0.0317. The van der Waals surface area contributed by atoms with Gasteiger partial charge in [0.25, 0.3) is 10.1 Å². The van der Waals surface area contributed by atoms with Gasteiger partial charge in [0.15, 0.2) is 9.84 Å². The van der Waals surface area contributed by atoms with Crippen LogP contribution in [0.1, 0.15) is 1.43 Å². The molecular formula is C12H13NO9S3. The second-order valence-corrected chi connectivity index (χ2v) is 9.41. The highest BCUT2D eigenvalue weighted by molar-refractivity contribution is 7.91. The van der Waals surface area contributed by atoms with Gasteiger partial charge in [0.05, 0.1) is 22.9 Å². The molecule has 13 heteroatoms. The Hall–Kier alpha value is -1.77. The number of nitrogens with two attached hydrogens (primary N) is 1. The van der Waals surface area contributed by atoms with Crippen LogP contribution in [-0.4, -0.2) is 46.7 Å². The highest BCUT2D eigenvalue weighted by Crippen LogP contribution is 2.30. The summed E-state index contributed by atoms with van der Waals surface area (Å²) in [6, 6.07) is 5.89. The fourth-order valence-electron chi connectivity index (χ4n) is 2.14. The average molecular weight is 411 g/mol. The fraction of sp³-hybridized carbons (Fsp3) is 0.167. The first-order valence-corrected chi connectivity index (χ1v) is 10.9. The third-order valence-corrected chi connectivity index (χ3v) is 6.27. The van der Waals surface area contributed by atoms with Crippen molar-refractivity contribution < 1.29 is 40.0 Å². The van der Waals surface area contributed by atoms with Crippen molar-refractivity contribution in [3.8, 4) is 0 Å². The van der Waals surface area contributed by atoms with Crippen molar-refractivity contribution in [3.63, 3.8) is 0 Å². The molecule has 0 spiro atoms. The maximum Gasteiger partial charge on any atom is 1.00 e. The molecule has 0 aliphatic rings. The molecule has 0 saturated carbocycles. The van der Waals surface area contributed by atoms with Gasteiger partial charge in [0, 0.05) is 5.39 Å². The van der Waals surface area contributed by atoms with E-state index < -0.39 is 47.6 Å². The second kappa shape index (κ2) is 6.51. The molecule has 138 valence electrons. The van der Waals surface area contributed by atoms with E-state index in [1.54, 1.807) is 0 Å². The maximum atomic E-state index is 12.1. The molecule has 2 aromatic rings. The molecule has 2 aromatic carbocycles. The number of nitrogen functional groups attached to an aromatic ring is 1. The molecule has 25 heavy (non-hydrogen) atoms. The van der Waals surface area contributed by atoms with E-state index in [0.29, 0.717) is 0 Å². The lowest BCUT2D eigenvalue weighted by Crippen LogP contribution is -2.15. The van der Waals surface area contributed by atoms with Crippen molar-refractivity contribution in [2.45, 2.75) is 9.79 Å². The zero-order valence-corrected chi connectivity index (χ0v) is 14.8. The first-order chi connectivity index (χ1) is 11.3. The molecular weight excluding hydrogens is 398 g/mol. The first kappa shape index (κ1) is 19.6. The van der Waals surface area contributed by atoms with Crippen LogP contribution in [0.4, 0.5) is 5.69 Å². The Morgan fingerprint density at radius 3 is 2.28 bits per heavy atom. The van der Waals surface area contributed by atoms with Crippen molar-refractivity contribution in [2.75, 3.05) is 18.1 Å². The molecule has 0 aliphatic carbocycles. The van der Waals surface area contributed by atoms with E-state index in [1.165, 1.54) is 12.1 Å². The summed E-state index contributed by atoms with van der Waals surface area (Å²) in [4.78, 5) is -0.798. The molecule has 0 heterocycles. The molecule has 0 amide bonds. The fourth-order valence-corrected chi connectivity index (χ4v) is 4.48.